The molecule has 0 spiro atoms. The van der Waals surface area contributed by atoms with Gasteiger partial charge in [0.25, 0.3) is 0 Å². The van der Waals surface area contributed by atoms with Gasteiger partial charge in [0.15, 0.2) is 0 Å². The summed E-state index contributed by atoms with van der Waals surface area (Å²) in [6.07, 6.45) is 3.91. The molecule has 116 valence electrons. The molecule has 0 radical (unpaired) electrons. The number of nitrogens with one attached hydrogen (secondary N) is 1. The number of rotatable bonds is 4. The molecule has 21 heavy (non-hydrogen) atoms. The highest BCUT2D eigenvalue weighted by Gasteiger charge is 2.59. The maximum atomic E-state index is 13.5. The Hall–Kier alpha value is -1.25. The van der Waals surface area contributed by atoms with Gasteiger partial charge >= 0.3 is 0 Å². The fourth-order valence-corrected chi connectivity index (χ4v) is 4.71. The Morgan fingerprint density at radius 1 is 1.33 bits per heavy atom. The zero-order chi connectivity index (χ0) is 15.3. The second-order valence-electron chi connectivity index (χ2n) is 7.57. The van der Waals surface area contributed by atoms with Gasteiger partial charge in [0.05, 0.1) is 12.3 Å². The van der Waals surface area contributed by atoms with Crippen molar-refractivity contribution < 1.29 is 9.13 Å². The monoisotopic (exact) mass is 291 g/mol. The van der Waals surface area contributed by atoms with Gasteiger partial charge in [-0.15, -0.1) is 0 Å². The van der Waals surface area contributed by atoms with Crippen LogP contribution < -0.4 is 10.1 Å². The molecular formula is C18H26FNO. The molecule has 0 aromatic heterocycles. The maximum absolute atomic E-state index is 13.5. The molecule has 2 aliphatic carbocycles. The summed E-state index contributed by atoms with van der Waals surface area (Å²) in [7, 11) is 0. The van der Waals surface area contributed by atoms with E-state index in [-0.39, 0.29) is 11.2 Å². The molecular weight excluding hydrogens is 265 g/mol. The Bertz CT molecular complexity index is 537. The number of hydrogen-bond donors (Lipinski definition) is 1. The SMILES string of the molecule is CCOc1cc(F)ccc1NC1C2(C)CCC(C2)C1(C)C. The number of ether oxygens (including phenoxy) is 1. The summed E-state index contributed by atoms with van der Waals surface area (Å²) in [6, 6.07) is 5.21. The van der Waals surface area contributed by atoms with Gasteiger partial charge in [0.2, 0.25) is 0 Å². The van der Waals surface area contributed by atoms with Crippen LogP contribution in [0.2, 0.25) is 0 Å². The standard InChI is InChI=1S/C18H26FNO/c1-5-21-15-10-13(19)6-7-14(15)20-16-17(2,3)12-8-9-18(16,4)11-12/h6-7,10,12,16,20H,5,8-9,11H2,1-4H3. The summed E-state index contributed by atoms with van der Waals surface area (Å²) < 4.78 is 19.1. The first kappa shape index (κ1) is 14.7. The summed E-state index contributed by atoms with van der Waals surface area (Å²) in [5, 5.41) is 3.69. The van der Waals surface area contributed by atoms with Gasteiger partial charge in [0, 0.05) is 12.1 Å². The lowest BCUT2D eigenvalue weighted by Gasteiger charge is -2.43. The lowest BCUT2D eigenvalue weighted by Crippen LogP contribution is -2.45. The summed E-state index contributed by atoms with van der Waals surface area (Å²) >= 11 is 0. The van der Waals surface area contributed by atoms with Crippen LogP contribution in [0.25, 0.3) is 0 Å². The van der Waals surface area contributed by atoms with Crippen LogP contribution in [-0.2, 0) is 0 Å². The first-order chi connectivity index (χ1) is 9.87. The van der Waals surface area contributed by atoms with E-state index >= 15 is 0 Å². The third kappa shape index (κ3) is 2.31. The molecule has 1 aromatic carbocycles. The van der Waals surface area contributed by atoms with E-state index in [1.54, 1.807) is 0 Å². The van der Waals surface area contributed by atoms with Gasteiger partial charge < -0.3 is 10.1 Å². The first-order valence-electron chi connectivity index (χ1n) is 8.06. The highest BCUT2D eigenvalue weighted by molar-refractivity contribution is 5.58. The van der Waals surface area contributed by atoms with Crippen molar-refractivity contribution >= 4 is 5.69 Å². The Kier molecular flexibility index (Phi) is 3.42. The Labute approximate surface area is 127 Å². The van der Waals surface area contributed by atoms with E-state index in [0.717, 1.165) is 11.6 Å². The average Bonchev–Trinajstić information content (AvgIpc) is 2.88. The van der Waals surface area contributed by atoms with Crippen molar-refractivity contribution in [3.05, 3.63) is 24.0 Å². The number of benzene rings is 1. The minimum absolute atomic E-state index is 0.248. The molecule has 0 amide bonds. The minimum atomic E-state index is -0.248. The summed E-state index contributed by atoms with van der Waals surface area (Å²) in [6.45, 7) is 9.60. The largest absolute Gasteiger partial charge is 0.492 e. The van der Waals surface area contributed by atoms with E-state index in [4.69, 9.17) is 4.74 Å². The van der Waals surface area contributed by atoms with E-state index in [1.807, 2.05) is 13.0 Å². The minimum Gasteiger partial charge on any atom is -0.492 e. The van der Waals surface area contributed by atoms with Crippen LogP contribution in [0, 0.1) is 22.6 Å². The third-order valence-corrected chi connectivity index (χ3v) is 5.81. The van der Waals surface area contributed by atoms with Crippen molar-refractivity contribution in [2.24, 2.45) is 16.7 Å². The average molecular weight is 291 g/mol. The number of fused-ring (bicyclic) bond motifs is 2. The van der Waals surface area contributed by atoms with Crippen LogP contribution in [0.5, 0.6) is 5.75 Å². The molecule has 3 unspecified atom stereocenters. The van der Waals surface area contributed by atoms with Crippen molar-refractivity contribution in [1.82, 2.24) is 0 Å². The van der Waals surface area contributed by atoms with Crippen molar-refractivity contribution in [2.45, 2.75) is 53.0 Å². The van der Waals surface area contributed by atoms with Gasteiger partial charge in [-0.2, -0.15) is 0 Å². The lowest BCUT2D eigenvalue weighted by atomic mass is 9.68. The molecule has 0 aliphatic heterocycles. The highest BCUT2D eigenvalue weighted by Crippen LogP contribution is 2.63. The molecule has 2 aliphatic rings. The second kappa shape index (κ2) is 4.89. The molecule has 2 fully saturated rings. The van der Waals surface area contributed by atoms with Gasteiger partial charge in [-0.25, -0.2) is 4.39 Å². The van der Waals surface area contributed by atoms with Crippen LogP contribution in [0.4, 0.5) is 10.1 Å². The topological polar surface area (TPSA) is 21.3 Å². The van der Waals surface area contributed by atoms with Crippen molar-refractivity contribution in [1.29, 1.82) is 0 Å². The molecule has 0 heterocycles. The molecule has 1 aromatic rings. The lowest BCUT2D eigenvalue weighted by molar-refractivity contribution is 0.155. The molecule has 2 nitrogen and oxygen atoms in total. The second-order valence-corrected chi connectivity index (χ2v) is 7.57. The van der Waals surface area contributed by atoms with Crippen molar-refractivity contribution in [3.8, 4) is 5.75 Å². The van der Waals surface area contributed by atoms with Gasteiger partial charge in [-0.05, 0) is 55.1 Å². The van der Waals surface area contributed by atoms with E-state index < -0.39 is 0 Å². The predicted molar refractivity (Wildman–Crippen MR) is 84.2 cm³/mol. The summed E-state index contributed by atoms with van der Waals surface area (Å²) in [5.41, 5.74) is 1.53. The molecule has 3 heteroatoms. The Balaban J connectivity index is 1.90. The normalized spacial score (nSPS) is 33.2. The van der Waals surface area contributed by atoms with Crippen LogP contribution in [0.3, 0.4) is 0 Å². The maximum Gasteiger partial charge on any atom is 0.145 e. The van der Waals surface area contributed by atoms with Gasteiger partial charge in [-0.1, -0.05) is 20.8 Å². The van der Waals surface area contributed by atoms with Crippen LogP contribution in [-0.4, -0.2) is 12.6 Å². The highest BCUT2D eigenvalue weighted by atomic mass is 19.1. The molecule has 0 saturated heterocycles. The number of halogens is 1. The molecule has 1 N–H and O–H groups in total. The Morgan fingerprint density at radius 2 is 2.10 bits per heavy atom. The Morgan fingerprint density at radius 3 is 2.71 bits per heavy atom. The number of anilines is 1. The fraction of sp³-hybridized carbons (Fsp3) is 0.667. The van der Waals surface area contributed by atoms with Crippen molar-refractivity contribution in [3.63, 3.8) is 0 Å². The van der Waals surface area contributed by atoms with Crippen molar-refractivity contribution in [2.75, 3.05) is 11.9 Å². The smallest absolute Gasteiger partial charge is 0.145 e. The molecule has 2 saturated carbocycles. The summed E-state index contributed by atoms with van der Waals surface area (Å²) in [5.74, 6) is 1.16. The summed E-state index contributed by atoms with van der Waals surface area (Å²) in [4.78, 5) is 0. The molecule has 3 atom stereocenters. The zero-order valence-electron chi connectivity index (χ0n) is 13.5. The predicted octanol–water partition coefficient (Wildman–Crippen LogP) is 4.85. The van der Waals surface area contributed by atoms with E-state index in [2.05, 4.69) is 26.1 Å². The van der Waals surface area contributed by atoms with Crippen LogP contribution in [0.15, 0.2) is 18.2 Å². The first-order valence-corrected chi connectivity index (χ1v) is 8.06. The van der Waals surface area contributed by atoms with E-state index in [0.29, 0.717) is 23.8 Å². The van der Waals surface area contributed by atoms with Gasteiger partial charge in [-0.3, -0.25) is 0 Å². The molecule has 2 bridgehead atoms. The van der Waals surface area contributed by atoms with Crippen LogP contribution in [0.1, 0.15) is 47.0 Å². The zero-order valence-corrected chi connectivity index (χ0v) is 13.5. The van der Waals surface area contributed by atoms with E-state index in [1.165, 1.54) is 31.4 Å². The van der Waals surface area contributed by atoms with Gasteiger partial charge in [0.1, 0.15) is 11.6 Å². The van der Waals surface area contributed by atoms with E-state index in [9.17, 15) is 4.39 Å². The fourth-order valence-electron chi connectivity index (χ4n) is 4.71. The molecule has 3 rings (SSSR count). The third-order valence-electron chi connectivity index (χ3n) is 5.81. The number of hydrogen-bond acceptors (Lipinski definition) is 2. The van der Waals surface area contributed by atoms with Crippen LogP contribution >= 0.6 is 0 Å². The quantitative estimate of drug-likeness (QED) is 0.856.